The number of hydrogen-bond acceptors (Lipinski definition) is 4. The summed E-state index contributed by atoms with van der Waals surface area (Å²) in [6, 6.07) is 3.07. The minimum Gasteiger partial charge on any atom is -0.493 e. The summed E-state index contributed by atoms with van der Waals surface area (Å²) in [5, 5.41) is 12.6. The number of aromatic nitrogens is 3. The molecule has 0 aliphatic carbocycles. The maximum atomic E-state index is 13.4. The Hall–Kier alpha value is -3.31. The van der Waals surface area contributed by atoms with Crippen molar-refractivity contribution in [1.82, 2.24) is 14.6 Å². The van der Waals surface area contributed by atoms with Crippen LogP contribution in [0.25, 0.3) is 16.9 Å². The van der Waals surface area contributed by atoms with Crippen molar-refractivity contribution in [3.05, 3.63) is 47.3 Å². The maximum Gasteiger partial charge on any atom is 0.433 e. The molecule has 6 nitrogen and oxygen atoms in total. The standard InChI is InChI=1S/C17H11F6N3O3/c1-2-29-12-5-8(3-4-10(12)16(18,19)20)11-6-13(17(21,22)23)26-14(25-11)9(7-24-26)15(27)28/h3-7H,2H2,1H3,(H,27,28). The van der Waals surface area contributed by atoms with Gasteiger partial charge in [-0.05, 0) is 25.1 Å². The zero-order valence-electron chi connectivity index (χ0n) is 14.5. The van der Waals surface area contributed by atoms with Crippen LogP contribution in [0.1, 0.15) is 28.5 Å². The number of carboxylic acids is 1. The molecule has 3 rings (SSSR count). The van der Waals surface area contributed by atoms with Gasteiger partial charge in [-0.15, -0.1) is 0 Å². The van der Waals surface area contributed by atoms with Crippen LogP contribution in [0.5, 0.6) is 5.75 Å². The summed E-state index contributed by atoms with van der Waals surface area (Å²) in [6.07, 6.45) is -8.95. The van der Waals surface area contributed by atoms with Gasteiger partial charge in [0, 0.05) is 5.56 Å². The van der Waals surface area contributed by atoms with Gasteiger partial charge in [-0.25, -0.2) is 14.3 Å². The van der Waals surface area contributed by atoms with Gasteiger partial charge in [-0.1, -0.05) is 6.07 Å². The average Bonchev–Trinajstić information content (AvgIpc) is 3.03. The van der Waals surface area contributed by atoms with E-state index in [1.165, 1.54) is 6.92 Å². The number of nitrogens with zero attached hydrogens (tertiary/aromatic N) is 3. The molecule has 0 radical (unpaired) electrons. The third-order valence-corrected chi connectivity index (χ3v) is 3.88. The largest absolute Gasteiger partial charge is 0.493 e. The van der Waals surface area contributed by atoms with Gasteiger partial charge >= 0.3 is 18.3 Å². The summed E-state index contributed by atoms with van der Waals surface area (Å²) < 4.78 is 84.9. The Kier molecular flexibility index (Phi) is 4.89. The minimum atomic E-state index is -4.92. The Balaban J connectivity index is 2.28. The molecule has 2 aromatic heterocycles. The number of hydrogen-bond donors (Lipinski definition) is 1. The SMILES string of the molecule is CCOc1cc(-c2cc(C(F)(F)F)n3ncc(C(=O)O)c3n2)ccc1C(F)(F)F. The van der Waals surface area contributed by atoms with Crippen LogP contribution >= 0.6 is 0 Å². The predicted molar refractivity (Wildman–Crippen MR) is 86.6 cm³/mol. The summed E-state index contributed by atoms with van der Waals surface area (Å²) in [7, 11) is 0. The fraction of sp³-hybridized carbons (Fsp3) is 0.235. The van der Waals surface area contributed by atoms with Gasteiger partial charge in [-0.3, -0.25) is 0 Å². The van der Waals surface area contributed by atoms with Crippen LogP contribution < -0.4 is 4.74 Å². The smallest absolute Gasteiger partial charge is 0.433 e. The molecule has 12 heteroatoms. The lowest BCUT2D eigenvalue weighted by atomic mass is 10.1. The molecule has 0 bridgehead atoms. The van der Waals surface area contributed by atoms with Crippen molar-refractivity contribution in [2.45, 2.75) is 19.3 Å². The van der Waals surface area contributed by atoms with Crippen molar-refractivity contribution < 1.29 is 41.0 Å². The van der Waals surface area contributed by atoms with E-state index in [2.05, 4.69) is 10.1 Å². The van der Waals surface area contributed by atoms with Crippen molar-refractivity contribution in [3.8, 4) is 17.0 Å². The molecule has 1 N–H and O–H groups in total. The molecule has 0 fully saturated rings. The van der Waals surface area contributed by atoms with Gasteiger partial charge in [-0.2, -0.15) is 31.4 Å². The highest BCUT2D eigenvalue weighted by Gasteiger charge is 2.37. The lowest BCUT2D eigenvalue weighted by molar-refractivity contribution is -0.142. The predicted octanol–water partition coefficient (Wildman–Crippen LogP) is 4.53. The number of alkyl halides is 6. The maximum absolute atomic E-state index is 13.4. The Labute approximate surface area is 158 Å². The monoisotopic (exact) mass is 419 g/mol. The van der Waals surface area contributed by atoms with E-state index in [0.717, 1.165) is 12.1 Å². The summed E-state index contributed by atoms with van der Waals surface area (Å²) in [6.45, 7) is 1.34. The third-order valence-electron chi connectivity index (χ3n) is 3.88. The molecule has 0 spiro atoms. The average molecular weight is 419 g/mol. The lowest BCUT2D eigenvalue weighted by Gasteiger charge is -2.15. The number of carboxylic acid groups (broad SMARTS) is 1. The van der Waals surface area contributed by atoms with Crippen LogP contribution in [0.15, 0.2) is 30.5 Å². The van der Waals surface area contributed by atoms with E-state index in [1.807, 2.05) is 0 Å². The van der Waals surface area contributed by atoms with Gasteiger partial charge in [0.05, 0.1) is 24.1 Å². The topological polar surface area (TPSA) is 76.7 Å². The molecule has 2 heterocycles. The summed E-state index contributed by atoms with van der Waals surface area (Å²) in [5.41, 5.74) is -4.12. The van der Waals surface area contributed by atoms with Crippen LogP contribution in [0.2, 0.25) is 0 Å². The summed E-state index contributed by atoms with van der Waals surface area (Å²) in [4.78, 5) is 15.1. The fourth-order valence-corrected chi connectivity index (χ4v) is 2.65. The van der Waals surface area contributed by atoms with Crippen LogP contribution in [0.4, 0.5) is 26.3 Å². The number of ether oxygens (including phenoxy) is 1. The second-order valence-electron chi connectivity index (χ2n) is 5.76. The van der Waals surface area contributed by atoms with E-state index >= 15 is 0 Å². The molecule has 0 unspecified atom stereocenters. The van der Waals surface area contributed by atoms with Crippen LogP contribution in [-0.4, -0.2) is 32.3 Å². The van der Waals surface area contributed by atoms with E-state index in [1.54, 1.807) is 0 Å². The van der Waals surface area contributed by atoms with Crippen molar-refractivity contribution in [3.63, 3.8) is 0 Å². The van der Waals surface area contributed by atoms with Gasteiger partial charge in [0.1, 0.15) is 11.3 Å². The van der Waals surface area contributed by atoms with Crippen LogP contribution in [0.3, 0.4) is 0 Å². The molecule has 0 saturated heterocycles. The second-order valence-corrected chi connectivity index (χ2v) is 5.76. The number of rotatable bonds is 4. The van der Waals surface area contributed by atoms with Crippen LogP contribution in [0, 0.1) is 0 Å². The van der Waals surface area contributed by atoms with Crippen molar-refractivity contribution in [1.29, 1.82) is 0 Å². The summed E-state index contributed by atoms with van der Waals surface area (Å²) >= 11 is 0. The van der Waals surface area contributed by atoms with Gasteiger partial charge in [0.15, 0.2) is 11.3 Å². The first-order chi connectivity index (χ1) is 13.4. The van der Waals surface area contributed by atoms with E-state index in [4.69, 9.17) is 9.84 Å². The van der Waals surface area contributed by atoms with Crippen molar-refractivity contribution >= 4 is 11.6 Å². The second kappa shape index (κ2) is 6.94. The molecule has 0 aliphatic rings. The quantitative estimate of drug-likeness (QED) is 0.629. The molecule has 0 amide bonds. The molecule has 3 aromatic rings. The van der Waals surface area contributed by atoms with E-state index in [9.17, 15) is 31.1 Å². The lowest BCUT2D eigenvalue weighted by Crippen LogP contribution is -2.14. The molecule has 29 heavy (non-hydrogen) atoms. The number of fused-ring (bicyclic) bond motifs is 1. The molecule has 0 aliphatic heterocycles. The van der Waals surface area contributed by atoms with Crippen LogP contribution in [-0.2, 0) is 12.4 Å². The number of aromatic carboxylic acids is 1. The Morgan fingerprint density at radius 3 is 2.38 bits per heavy atom. The first-order valence-electron chi connectivity index (χ1n) is 7.97. The third kappa shape index (κ3) is 3.82. The zero-order valence-corrected chi connectivity index (χ0v) is 14.5. The molecule has 154 valence electrons. The number of halogens is 6. The van der Waals surface area contributed by atoms with Gasteiger partial charge in [0.25, 0.3) is 0 Å². The van der Waals surface area contributed by atoms with Crippen molar-refractivity contribution in [2.75, 3.05) is 6.61 Å². The van der Waals surface area contributed by atoms with E-state index in [-0.39, 0.29) is 17.9 Å². The first-order valence-corrected chi connectivity index (χ1v) is 7.97. The normalized spacial score (nSPS) is 12.4. The fourth-order valence-electron chi connectivity index (χ4n) is 2.65. The Bertz CT molecular complexity index is 1090. The molecular weight excluding hydrogens is 408 g/mol. The Morgan fingerprint density at radius 1 is 1.14 bits per heavy atom. The number of carbonyl (C=O) groups is 1. The van der Waals surface area contributed by atoms with Gasteiger partial charge < -0.3 is 9.84 Å². The minimum absolute atomic E-state index is 0.113. The van der Waals surface area contributed by atoms with E-state index < -0.39 is 46.5 Å². The highest BCUT2D eigenvalue weighted by molar-refractivity contribution is 5.94. The molecule has 0 saturated carbocycles. The first kappa shape index (κ1) is 20.4. The van der Waals surface area contributed by atoms with Crippen molar-refractivity contribution in [2.24, 2.45) is 0 Å². The number of benzene rings is 1. The molecule has 0 atom stereocenters. The van der Waals surface area contributed by atoms with E-state index in [0.29, 0.717) is 22.8 Å². The highest BCUT2D eigenvalue weighted by Crippen LogP contribution is 2.39. The highest BCUT2D eigenvalue weighted by atomic mass is 19.4. The Morgan fingerprint density at radius 2 is 1.83 bits per heavy atom. The molecule has 1 aromatic carbocycles. The summed E-state index contributed by atoms with van der Waals surface area (Å²) in [5.74, 6) is -2.14. The van der Waals surface area contributed by atoms with Gasteiger partial charge in [0.2, 0.25) is 0 Å². The zero-order chi connectivity index (χ0) is 21.6. The molecular formula is C17H11F6N3O3.